The number of carbonyl (C=O) groups excluding carboxylic acids is 1. The van der Waals surface area contributed by atoms with Crippen molar-refractivity contribution in [3.8, 4) is 0 Å². The van der Waals surface area contributed by atoms with E-state index < -0.39 is 11.0 Å². The monoisotopic (exact) mass is 320 g/mol. The number of hydrogen-bond donors (Lipinski definition) is 0. The first-order valence-electron chi connectivity index (χ1n) is 8.01. The second-order valence-corrected chi connectivity index (χ2v) is 6.41. The number of piperidine rings is 1. The van der Waals surface area contributed by atoms with E-state index >= 15 is 0 Å². The van der Waals surface area contributed by atoms with Crippen LogP contribution in [-0.4, -0.2) is 28.0 Å². The quantitative estimate of drug-likeness (QED) is 0.620. The van der Waals surface area contributed by atoms with Crippen molar-refractivity contribution in [2.45, 2.75) is 65.6 Å². The number of aryl methyl sites for hydroxylation is 2. The Balaban J connectivity index is 2.12. The fourth-order valence-corrected chi connectivity index (χ4v) is 3.14. The van der Waals surface area contributed by atoms with Crippen LogP contribution in [0.3, 0.4) is 0 Å². The average molecular weight is 320 g/mol. The third kappa shape index (κ3) is 3.81. The number of likely N-dealkylation sites (tertiary alicyclic amines) is 1. The van der Waals surface area contributed by atoms with E-state index in [9.17, 15) is 14.9 Å². The summed E-state index contributed by atoms with van der Waals surface area (Å²) in [7, 11) is 0. The number of benzene rings is 1. The molecule has 23 heavy (non-hydrogen) atoms. The SMILES string of the molecule is Cc1cc(COC(=O)N2C(C)CCCC2C)c([N+](=O)[O-])cc1C. The Bertz CT molecular complexity index is 605. The molecule has 126 valence electrons. The number of rotatable bonds is 3. The Morgan fingerprint density at radius 2 is 1.83 bits per heavy atom. The molecule has 1 heterocycles. The van der Waals surface area contributed by atoms with Crippen molar-refractivity contribution in [2.75, 3.05) is 0 Å². The van der Waals surface area contributed by atoms with Crippen LogP contribution < -0.4 is 0 Å². The zero-order chi connectivity index (χ0) is 17.1. The molecule has 0 spiro atoms. The van der Waals surface area contributed by atoms with E-state index in [1.165, 1.54) is 6.07 Å². The van der Waals surface area contributed by atoms with Gasteiger partial charge in [0.15, 0.2) is 0 Å². The van der Waals surface area contributed by atoms with Gasteiger partial charge in [-0.1, -0.05) is 0 Å². The van der Waals surface area contributed by atoms with E-state index in [-0.39, 0.29) is 24.4 Å². The Morgan fingerprint density at radius 1 is 1.26 bits per heavy atom. The van der Waals surface area contributed by atoms with Gasteiger partial charge in [0.1, 0.15) is 6.61 Å². The Morgan fingerprint density at radius 3 is 2.39 bits per heavy atom. The van der Waals surface area contributed by atoms with Gasteiger partial charge in [-0.25, -0.2) is 4.79 Å². The van der Waals surface area contributed by atoms with Crippen molar-refractivity contribution in [1.82, 2.24) is 4.90 Å². The number of nitro benzene ring substituents is 1. The molecule has 2 unspecified atom stereocenters. The summed E-state index contributed by atoms with van der Waals surface area (Å²) in [5.74, 6) is 0. The van der Waals surface area contributed by atoms with Gasteiger partial charge in [-0.05, 0) is 64.2 Å². The van der Waals surface area contributed by atoms with Crippen molar-refractivity contribution in [2.24, 2.45) is 0 Å². The highest BCUT2D eigenvalue weighted by molar-refractivity contribution is 5.68. The maximum absolute atomic E-state index is 12.4. The van der Waals surface area contributed by atoms with Gasteiger partial charge in [-0.3, -0.25) is 10.1 Å². The van der Waals surface area contributed by atoms with Crippen LogP contribution >= 0.6 is 0 Å². The fraction of sp³-hybridized carbons (Fsp3) is 0.588. The summed E-state index contributed by atoms with van der Waals surface area (Å²) >= 11 is 0. The molecule has 6 nitrogen and oxygen atoms in total. The molecule has 1 amide bonds. The van der Waals surface area contributed by atoms with E-state index in [2.05, 4.69) is 0 Å². The number of nitro groups is 1. The smallest absolute Gasteiger partial charge is 0.410 e. The third-order valence-corrected chi connectivity index (χ3v) is 4.65. The molecule has 0 N–H and O–H groups in total. The van der Waals surface area contributed by atoms with Crippen LogP contribution in [0.25, 0.3) is 0 Å². The lowest BCUT2D eigenvalue weighted by Gasteiger charge is -2.37. The van der Waals surface area contributed by atoms with Crippen LogP contribution in [0, 0.1) is 24.0 Å². The summed E-state index contributed by atoms with van der Waals surface area (Å²) < 4.78 is 5.38. The molecular weight excluding hydrogens is 296 g/mol. The summed E-state index contributed by atoms with van der Waals surface area (Å²) in [6.45, 7) is 7.66. The lowest BCUT2D eigenvalue weighted by Crippen LogP contribution is -2.47. The first-order valence-corrected chi connectivity index (χ1v) is 8.01. The number of amides is 1. The molecule has 1 aliphatic rings. The van der Waals surface area contributed by atoms with Gasteiger partial charge in [-0.2, -0.15) is 0 Å². The van der Waals surface area contributed by atoms with Crippen LogP contribution in [0.15, 0.2) is 12.1 Å². The summed E-state index contributed by atoms with van der Waals surface area (Å²) in [6.07, 6.45) is 2.64. The minimum absolute atomic E-state index is 0.000594. The summed E-state index contributed by atoms with van der Waals surface area (Å²) in [6, 6.07) is 3.54. The molecule has 1 saturated heterocycles. The van der Waals surface area contributed by atoms with Crippen LogP contribution in [0.2, 0.25) is 0 Å². The first kappa shape index (κ1) is 17.2. The summed E-state index contributed by atoms with van der Waals surface area (Å²) in [5.41, 5.74) is 2.23. The molecule has 0 aromatic heterocycles. The van der Waals surface area contributed by atoms with Crippen molar-refractivity contribution in [3.05, 3.63) is 38.9 Å². The highest BCUT2D eigenvalue weighted by Gasteiger charge is 2.30. The first-order chi connectivity index (χ1) is 10.8. The second-order valence-electron chi connectivity index (χ2n) is 6.41. The van der Waals surface area contributed by atoms with Crippen LogP contribution in [0.4, 0.5) is 10.5 Å². The predicted molar refractivity (Wildman–Crippen MR) is 87.4 cm³/mol. The number of hydrogen-bond acceptors (Lipinski definition) is 4. The van der Waals surface area contributed by atoms with Crippen molar-refractivity contribution >= 4 is 11.8 Å². The maximum Gasteiger partial charge on any atom is 0.410 e. The third-order valence-electron chi connectivity index (χ3n) is 4.65. The molecular formula is C17H24N2O4. The largest absolute Gasteiger partial charge is 0.444 e. The van der Waals surface area contributed by atoms with Gasteiger partial charge in [0, 0.05) is 18.2 Å². The van der Waals surface area contributed by atoms with Crippen molar-refractivity contribution in [1.29, 1.82) is 0 Å². The topological polar surface area (TPSA) is 72.7 Å². The number of carbonyl (C=O) groups is 1. The predicted octanol–water partition coefficient (Wildman–Crippen LogP) is 4.11. The molecule has 0 bridgehead atoms. The Labute approximate surface area is 136 Å². The summed E-state index contributed by atoms with van der Waals surface area (Å²) in [5, 5.41) is 11.2. The van der Waals surface area contributed by atoms with Crippen molar-refractivity contribution in [3.63, 3.8) is 0 Å². The molecule has 6 heteroatoms. The molecule has 0 saturated carbocycles. The van der Waals surface area contributed by atoms with Crippen LogP contribution in [-0.2, 0) is 11.3 Å². The molecule has 2 atom stereocenters. The standard InChI is InChI=1S/C17H24N2O4/c1-11-8-15(16(19(21)22)9-12(11)2)10-23-17(20)18-13(3)6-5-7-14(18)4/h8-9,13-14H,5-7,10H2,1-4H3. The minimum Gasteiger partial charge on any atom is -0.444 e. The average Bonchev–Trinajstić information content (AvgIpc) is 2.47. The zero-order valence-electron chi connectivity index (χ0n) is 14.2. The molecule has 0 radical (unpaired) electrons. The van der Waals surface area contributed by atoms with Crippen LogP contribution in [0.1, 0.15) is 49.8 Å². The number of nitrogens with zero attached hydrogens (tertiary/aromatic N) is 2. The molecule has 1 aromatic carbocycles. The van der Waals surface area contributed by atoms with Gasteiger partial charge >= 0.3 is 6.09 Å². The second kappa shape index (κ2) is 6.98. The van der Waals surface area contributed by atoms with E-state index in [4.69, 9.17) is 4.74 Å². The lowest BCUT2D eigenvalue weighted by atomic mass is 9.98. The minimum atomic E-state index is -0.429. The highest BCUT2D eigenvalue weighted by Crippen LogP contribution is 2.26. The molecule has 1 aromatic rings. The van der Waals surface area contributed by atoms with E-state index in [1.807, 2.05) is 27.7 Å². The molecule has 1 fully saturated rings. The van der Waals surface area contributed by atoms with Gasteiger partial charge in [-0.15, -0.1) is 0 Å². The van der Waals surface area contributed by atoms with E-state index in [1.54, 1.807) is 11.0 Å². The van der Waals surface area contributed by atoms with Crippen LogP contribution in [0.5, 0.6) is 0 Å². The normalized spacial score (nSPS) is 21.1. The van der Waals surface area contributed by atoms with Gasteiger partial charge in [0.25, 0.3) is 5.69 Å². The Kier molecular flexibility index (Phi) is 5.23. The zero-order valence-corrected chi connectivity index (χ0v) is 14.2. The van der Waals surface area contributed by atoms with E-state index in [0.717, 1.165) is 30.4 Å². The van der Waals surface area contributed by atoms with E-state index in [0.29, 0.717) is 5.56 Å². The number of ether oxygens (including phenoxy) is 1. The highest BCUT2D eigenvalue weighted by atomic mass is 16.6. The van der Waals surface area contributed by atoms with Gasteiger partial charge < -0.3 is 9.64 Å². The van der Waals surface area contributed by atoms with Gasteiger partial charge in [0.2, 0.25) is 0 Å². The summed E-state index contributed by atoms with van der Waals surface area (Å²) in [4.78, 5) is 24.9. The van der Waals surface area contributed by atoms with Crippen molar-refractivity contribution < 1.29 is 14.5 Å². The fourth-order valence-electron chi connectivity index (χ4n) is 3.14. The Hall–Kier alpha value is -2.11. The molecule has 1 aliphatic heterocycles. The molecule has 0 aliphatic carbocycles. The lowest BCUT2D eigenvalue weighted by molar-refractivity contribution is -0.385. The molecule has 2 rings (SSSR count). The van der Waals surface area contributed by atoms with Gasteiger partial charge in [0.05, 0.1) is 10.5 Å². The maximum atomic E-state index is 12.4.